The fourth-order valence-electron chi connectivity index (χ4n) is 2.14. The highest BCUT2D eigenvalue weighted by molar-refractivity contribution is 4.76. The van der Waals surface area contributed by atoms with Crippen molar-refractivity contribution in [3.63, 3.8) is 0 Å². The first-order valence-electron chi connectivity index (χ1n) is 6.26. The third kappa shape index (κ3) is 4.49. The maximum absolute atomic E-state index is 5.39. The summed E-state index contributed by atoms with van der Waals surface area (Å²) in [6, 6.07) is 1.41. The summed E-state index contributed by atoms with van der Waals surface area (Å²) in [5.74, 6) is 0. The highest BCUT2D eigenvalue weighted by Crippen LogP contribution is 2.16. The van der Waals surface area contributed by atoms with Crippen molar-refractivity contribution in [1.82, 2.24) is 10.2 Å². The van der Waals surface area contributed by atoms with E-state index in [1.165, 1.54) is 19.3 Å². The lowest BCUT2D eigenvalue weighted by Gasteiger charge is -2.35. The molecule has 1 heterocycles. The van der Waals surface area contributed by atoms with Crippen LogP contribution in [0, 0.1) is 0 Å². The fourth-order valence-corrected chi connectivity index (χ4v) is 2.14. The van der Waals surface area contributed by atoms with Crippen molar-refractivity contribution in [3.05, 3.63) is 0 Å². The van der Waals surface area contributed by atoms with Gasteiger partial charge in [-0.25, -0.2) is 0 Å². The van der Waals surface area contributed by atoms with Gasteiger partial charge in [-0.1, -0.05) is 6.92 Å². The Hall–Kier alpha value is -0.120. The maximum atomic E-state index is 5.39. The molecule has 0 radical (unpaired) electrons. The van der Waals surface area contributed by atoms with Crippen molar-refractivity contribution in [2.24, 2.45) is 0 Å². The molecule has 1 unspecified atom stereocenters. The first kappa shape index (κ1) is 12.9. The molecule has 1 rings (SSSR count). The average Bonchev–Trinajstić information content (AvgIpc) is 2.29. The van der Waals surface area contributed by atoms with E-state index in [9.17, 15) is 0 Å². The number of nitrogens with one attached hydrogen (secondary N) is 1. The number of nitrogens with zero attached hydrogens (tertiary/aromatic N) is 1. The minimum Gasteiger partial charge on any atom is -0.381 e. The second-order valence-corrected chi connectivity index (χ2v) is 4.50. The normalized spacial score (nSPS) is 20.8. The third-order valence-corrected chi connectivity index (χ3v) is 3.45. The Labute approximate surface area is 94.2 Å². The van der Waals surface area contributed by atoms with E-state index < -0.39 is 0 Å². The smallest absolute Gasteiger partial charge is 0.0480 e. The van der Waals surface area contributed by atoms with E-state index in [-0.39, 0.29) is 0 Å². The molecule has 0 bridgehead atoms. The average molecular weight is 214 g/mol. The molecule has 0 spiro atoms. The van der Waals surface area contributed by atoms with Crippen LogP contribution in [0.4, 0.5) is 0 Å². The Morgan fingerprint density at radius 2 is 2.07 bits per heavy atom. The summed E-state index contributed by atoms with van der Waals surface area (Å²) in [4.78, 5) is 2.53. The van der Waals surface area contributed by atoms with Crippen molar-refractivity contribution in [1.29, 1.82) is 0 Å². The monoisotopic (exact) mass is 214 g/mol. The lowest BCUT2D eigenvalue weighted by atomic mass is 10.0. The SMILES string of the molecule is CCNCCC(C)N(C)C1CCOCC1. The molecule has 1 aliphatic rings. The summed E-state index contributed by atoms with van der Waals surface area (Å²) in [5.41, 5.74) is 0. The Bertz CT molecular complexity index is 158. The number of hydrogen-bond acceptors (Lipinski definition) is 3. The van der Waals surface area contributed by atoms with Crippen LogP contribution in [-0.2, 0) is 4.74 Å². The highest BCUT2D eigenvalue weighted by atomic mass is 16.5. The van der Waals surface area contributed by atoms with E-state index >= 15 is 0 Å². The first-order valence-corrected chi connectivity index (χ1v) is 6.26. The topological polar surface area (TPSA) is 24.5 Å². The summed E-state index contributed by atoms with van der Waals surface area (Å²) in [7, 11) is 2.26. The molecule has 1 fully saturated rings. The molecule has 0 amide bonds. The zero-order chi connectivity index (χ0) is 11.1. The van der Waals surface area contributed by atoms with Crippen molar-refractivity contribution in [3.8, 4) is 0 Å². The molecule has 0 aliphatic carbocycles. The summed E-state index contributed by atoms with van der Waals surface area (Å²) in [6.07, 6.45) is 3.63. The standard InChI is InChI=1S/C12H26N2O/c1-4-13-8-5-11(2)14(3)12-6-9-15-10-7-12/h11-13H,4-10H2,1-3H3. The molecule has 0 saturated carbocycles. The largest absolute Gasteiger partial charge is 0.381 e. The molecule has 1 aliphatic heterocycles. The van der Waals surface area contributed by atoms with Gasteiger partial charge in [0.15, 0.2) is 0 Å². The molecular weight excluding hydrogens is 188 g/mol. The summed E-state index contributed by atoms with van der Waals surface area (Å²) >= 11 is 0. The summed E-state index contributed by atoms with van der Waals surface area (Å²) < 4.78 is 5.39. The van der Waals surface area contributed by atoms with E-state index in [4.69, 9.17) is 4.74 Å². The molecule has 1 atom stereocenters. The van der Waals surface area contributed by atoms with Crippen LogP contribution in [0.3, 0.4) is 0 Å². The lowest BCUT2D eigenvalue weighted by Crippen LogP contribution is -2.42. The molecule has 0 aromatic heterocycles. The molecule has 0 aromatic rings. The molecule has 1 saturated heterocycles. The van der Waals surface area contributed by atoms with Crippen LogP contribution in [0.5, 0.6) is 0 Å². The first-order chi connectivity index (χ1) is 7.25. The second-order valence-electron chi connectivity index (χ2n) is 4.50. The lowest BCUT2D eigenvalue weighted by molar-refractivity contribution is 0.0300. The zero-order valence-electron chi connectivity index (χ0n) is 10.5. The van der Waals surface area contributed by atoms with Gasteiger partial charge in [-0.3, -0.25) is 0 Å². The predicted octanol–water partition coefficient (Wildman–Crippen LogP) is 1.49. The Morgan fingerprint density at radius 3 is 2.67 bits per heavy atom. The van der Waals surface area contributed by atoms with Crippen LogP contribution in [0.15, 0.2) is 0 Å². The molecule has 90 valence electrons. The molecule has 3 nitrogen and oxygen atoms in total. The molecule has 3 heteroatoms. The summed E-state index contributed by atoms with van der Waals surface area (Å²) in [5, 5.41) is 3.39. The minimum absolute atomic E-state index is 0.673. The van der Waals surface area contributed by atoms with E-state index in [0.717, 1.165) is 32.3 Å². The quantitative estimate of drug-likeness (QED) is 0.678. The van der Waals surface area contributed by atoms with Gasteiger partial charge in [0.1, 0.15) is 0 Å². The molecule has 1 N–H and O–H groups in total. The van der Waals surface area contributed by atoms with Crippen molar-refractivity contribution in [2.45, 2.75) is 45.2 Å². The molecule has 0 aromatic carbocycles. The second kappa shape index (κ2) is 7.20. The fraction of sp³-hybridized carbons (Fsp3) is 1.00. The van der Waals surface area contributed by atoms with Crippen molar-refractivity contribution >= 4 is 0 Å². The van der Waals surface area contributed by atoms with Gasteiger partial charge >= 0.3 is 0 Å². The predicted molar refractivity (Wildman–Crippen MR) is 64.2 cm³/mol. The van der Waals surface area contributed by atoms with Crippen LogP contribution in [0.1, 0.15) is 33.1 Å². The van der Waals surface area contributed by atoms with Gasteiger partial charge in [-0.05, 0) is 46.3 Å². The van der Waals surface area contributed by atoms with Gasteiger partial charge in [0.2, 0.25) is 0 Å². The van der Waals surface area contributed by atoms with E-state index in [0.29, 0.717) is 6.04 Å². The Balaban J connectivity index is 2.21. The molecule has 15 heavy (non-hydrogen) atoms. The van der Waals surface area contributed by atoms with E-state index in [1.54, 1.807) is 0 Å². The van der Waals surface area contributed by atoms with Crippen molar-refractivity contribution < 1.29 is 4.74 Å². The number of hydrogen-bond donors (Lipinski definition) is 1. The van der Waals surface area contributed by atoms with Gasteiger partial charge < -0.3 is 15.0 Å². The third-order valence-electron chi connectivity index (χ3n) is 3.45. The minimum atomic E-state index is 0.673. The van der Waals surface area contributed by atoms with Gasteiger partial charge in [-0.2, -0.15) is 0 Å². The molecular formula is C12H26N2O. The van der Waals surface area contributed by atoms with Gasteiger partial charge in [0.05, 0.1) is 0 Å². The zero-order valence-corrected chi connectivity index (χ0v) is 10.5. The number of rotatable bonds is 6. The summed E-state index contributed by atoms with van der Waals surface area (Å²) in [6.45, 7) is 8.57. The van der Waals surface area contributed by atoms with Gasteiger partial charge in [-0.15, -0.1) is 0 Å². The highest BCUT2D eigenvalue weighted by Gasteiger charge is 2.21. The Morgan fingerprint density at radius 1 is 1.40 bits per heavy atom. The van der Waals surface area contributed by atoms with E-state index in [2.05, 4.69) is 31.1 Å². The van der Waals surface area contributed by atoms with Crippen LogP contribution in [0.2, 0.25) is 0 Å². The van der Waals surface area contributed by atoms with E-state index in [1.807, 2.05) is 0 Å². The Kier molecular flexibility index (Phi) is 6.22. The maximum Gasteiger partial charge on any atom is 0.0480 e. The van der Waals surface area contributed by atoms with Crippen molar-refractivity contribution in [2.75, 3.05) is 33.4 Å². The van der Waals surface area contributed by atoms with Gasteiger partial charge in [0, 0.05) is 25.3 Å². The van der Waals surface area contributed by atoms with Crippen LogP contribution < -0.4 is 5.32 Å². The van der Waals surface area contributed by atoms with Gasteiger partial charge in [0.25, 0.3) is 0 Å². The van der Waals surface area contributed by atoms with Crippen LogP contribution in [0.25, 0.3) is 0 Å². The van der Waals surface area contributed by atoms with Crippen LogP contribution >= 0.6 is 0 Å². The van der Waals surface area contributed by atoms with Crippen LogP contribution in [-0.4, -0.2) is 50.3 Å². The number of ether oxygens (including phenoxy) is 1.